The van der Waals surface area contributed by atoms with E-state index in [1.165, 1.54) is 11.1 Å². The van der Waals surface area contributed by atoms with Gasteiger partial charge in [-0.25, -0.2) is 4.68 Å². The third-order valence-corrected chi connectivity index (χ3v) is 3.43. The number of aromatic nitrogens is 2. The van der Waals surface area contributed by atoms with Crippen LogP contribution in [-0.4, -0.2) is 23.4 Å². The average molecular weight is 308 g/mol. The lowest BCUT2D eigenvalue weighted by Crippen LogP contribution is -2.08. The minimum absolute atomic E-state index is 1.04. The van der Waals surface area contributed by atoms with Gasteiger partial charge in [0.25, 0.3) is 0 Å². The molecule has 0 saturated heterocycles. The monoisotopic (exact) mass is 307 g/mol. The predicted molar refractivity (Wildman–Crippen MR) is 78.2 cm³/mol. The Balaban J connectivity index is 2.13. The summed E-state index contributed by atoms with van der Waals surface area (Å²) in [7, 11) is 1.98. The Morgan fingerprint density at radius 2 is 2.22 bits per heavy atom. The van der Waals surface area contributed by atoms with Crippen LogP contribution in [0.4, 0.5) is 0 Å². The third-order valence-electron chi connectivity index (χ3n) is 2.93. The van der Waals surface area contributed by atoms with Crippen molar-refractivity contribution in [3.8, 4) is 5.69 Å². The summed E-state index contributed by atoms with van der Waals surface area (Å²) in [6, 6.07) is 6.24. The number of benzene rings is 1. The van der Waals surface area contributed by atoms with Gasteiger partial charge in [0, 0.05) is 10.7 Å². The molecule has 0 radical (unpaired) electrons. The van der Waals surface area contributed by atoms with E-state index in [0.717, 1.165) is 29.5 Å². The van der Waals surface area contributed by atoms with Crippen molar-refractivity contribution in [2.45, 2.75) is 19.8 Å². The van der Waals surface area contributed by atoms with E-state index in [-0.39, 0.29) is 0 Å². The number of rotatable bonds is 5. The molecule has 0 fully saturated rings. The van der Waals surface area contributed by atoms with Crippen LogP contribution in [-0.2, 0) is 6.42 Å². The Bertz CT molecular complexity index is 520. The zero-order chi connectivity index (χ0) is 13.0. The fourth-order valence-electron chi connectivity index (χ4n) is 1.97. The molecule has 96 valence electrons. The summed E-state index contributed by atoms with van der Waals surface area (Å²) in [5.41, 5.74) is 3.64. The first kappa shape index (κ1) is 13.3. The van der Waals surface area contributed by atoms with E-state index in [1.54, 1.807) is 0 Å². The molecule has 0 bridgehead atoms. The van der Waals surface area contributed by atoms with Gasteiger partial charge < -0.3 is 5.32 Å². The minimum Gasteiger partial charge on any atom is -0.320 e. The SMILES string of the molecule is CNCCCc1cnn(-c2ccc(Br)cc2C)c1. The highest BCUT2D eigenvalue weighted by atomic mass is 79.9. The lowest BCUT2D eigenvalue weighted by Gasteiger charge is -2.05. The Hall–Kier alpha value is -1.13. The topological polar surface area (TPSA) is 29.9 Å². The van der Waals surface area contributed by atoms with E-state index in [9.17, 15) is 0 Å². The van der Waals surface area contributed by atoms with Gasteiger partial charge in [-0.05, 0) is 62.7 Å². The molecule has 18 heavy (non-hydrogen) atoms. The van der Waals surface area contributed by atoms with Crippen LogP contribution in [0.2, 0.25) is 0 Å². The van der Waals surface area contributed by atoms with Gasteiger partial charge in [-0.3, -0.25) is 0 Å². The maximum absolute atomic E-state index is 4.44. The van der Waals surface area contributed by atoms with E-state index < -0.39 is 0 Å². The molecule has 1 N–H and O–H groups in total. The number of hydrogen-bond donors (Lipinski definition) is 1. The summed E-state index contributed by atoms with van der Waals surface area (Å²) in [4.78, 5) is 0. The molecule has 1 heterocycles. The molecule has 4 heteroatoms. The van der Waals surface area contributed by atoms with Crippen LogP contribution >= 0.6 is 15.9 Å². The molecule has 0 spiro atoms. The highest BCUT2D eigenvalue weighted by Gasteiger charge is 2.04. The third kappa shape index (κ3) is 3.21. The molecule has 0 amide bonds. The quantitative estimate of drug-likeness (QED) is 0.860. The van der Waals surface area contributed by atoms with Crippen LogP contribution in [0.25, 0.3) is 5.69 Å². The highest BCUT2D eigenvalue weighted by Crippen LogP contribution is 2.19. The second-order valence-electron chi connectivity index (χ2n) is 4.43. The van der Waals surface area contributed by atoms with Crippen molar-refractivity contribution < 1.29 is 0 Å². The van der Waals surface area contributed by atoms with Gasteiger partial charge in [-0.1, -0.05) is 15.9 Å². The molecule has 2 rings (SSSR count). The normalized spacial score (nSPS) is 10.8. The predicted octanol–water partition coefficient (Wildman–Crippen LogP) is 3.10. The molecule has 0 aliphatic heterocycles. The fourth-order valence-corrected chi connectivity index (χ4v) is 2.44. The second-order valence-corrected chi connectivity index (χ2v) is 5.35. The van der Waals surface area contributed by atoms with E-state index in [4.69, 9.17) is 0 Å². The lowest BCUT2D eigenvalue weighted by molar-refractivity contribution is 0.724. The van der Waals surface area contributed by atoms with Crippen molar-refractivity contribution >= 4 is 15.9 Å². The Labute approximate surface area is 116 Å². The molecular weight excluding hydrogens is 290 g/mol. The van der Waals surface area contributed by atoms with Crippen molar-refractivity contribution in [1.82, 2.24) is 15.1 Å². The van der Waals surface area contributed by atoms with Crippen LogP contribution in [0.3, 0.4) is 0 Å². The lowest BCUT2D eigenvalue weighted by atomic mass is 10.2. The summed E-state index contributed by atoms with van der Waals surface area (Å²) >= 11 is 3.48. The number of aryl methyl sites for hydroxylation is 2. The molecule has 1 aromatic carbocycles. The van der Waals surface area contributed by atoms with Crippen molar-refractivity contribution in [2.75, 3.05) is 13.6 Å². The van der Waals surface area contributed by atoms with Crippen LogP contribution in [0.5, 0.6) is 0 Å². The largest absolute Gasteiger partial charge is 0.320 e. The van der Waals surface area contributed by atoms with Crippen molar-refractivity contribution in [3.05, 3.63) is 46.2 Å². The van der Waals surface area contributed by atoms with Crippen molar-refractivity contribution in [3.63, 3.8) is 0 Å². The molecule has 1 aromatic heterocycles. The van der Waals surface area contributed by atoms with Crippen molar-refractivity contribution in [1.29, 1.82) is 0 Å². The van der Waals surface area contributed by atoms with Crippen LogP contribution in [0, 0.1) is 6.92 Å². The van der Waals surface area contributed by atoms with E-state index in [1.807, 2.05) is 24.0 Å². The van der Waals surface area contributed by atoms with E-state index >= 15 is 0 Å². The molecule has 0 aliphatic carbocycles. The molecular formula is C14H18BrN3. The molecule has 2 aromatic rings. The smallest absolute Gasteiger partial charge is 0.0675 e. The Kier molecular flexibility index (Phi) is 4.55. The van der Waals surface area contributed by atoms with Crippen molar-refractivity contribution in [2.24, 2.45) is 0 Å². The zero-order valence-electron chi connectivity index (χ0n) is 10.8. The first-order chi connectivity index (χ1) is 8.70. The molecule has 0 aliphatic rings. The maximum atomic E-state index is 4.44. The number of hydrogen-bond acceptors (Lipinski definition) is 2. The number of nitrogens with zero attached hydrogens (tertiary/aromatic N) is 2. The van der Waals surface area contributed by atoms with Gasteiger partial charge in [-0.15, -0.1) is 0 Å². The first-order valence-electron chi connectivity index (χ1n) is 6.15. The van der Waals surface area contributed by atoms with Gasteiger partial charge >= 0.3 is 0 Å². The summed E-state index contributed by atoms with van der Waals surface area (Å²) in [5, 5.41) is 7.60. The van der Waals surface area contributed by atoms with Crippen LogP contribution in [0.15, 0.2) is 35.1 Å². The molecule has 0 atom stereocenters. The van der Waals surface area contributed by atoms with Crippen LogP contribution < -0.4 is 5.32 Å². The molecule has 3 nitrogen and oxygen atoms in total. The van der Waals surface area contributed by atoms with Gasteiger partial charge in [0.2, 0.25) is 0 Å². The van der Waals surface area contributed by atoms with Gasteiger partial charge in [-0.2, -0.15) is 5.10 Å². The highest BCUT2D eigenvalue weighted by molar-refractivity contribution is 9.10. The van der Waals surface area contributed by atoms with E-state index in [0.29, 0.717) is 0 Å². The Morgan fingerprint density at radius 1 is 1.39 bits per heavy atom. The van der Waals surface area contributed by atoms with E-state index in [2.05, 4.69) is 51.6 Å². The summed E-state index contributed by atoms with van der Waals surface area (Å²) < 4.78 is 3.06. The first-order valence-corrected chi connectivity index (χ1v) is 6.94. The summed E-state index contributed by atoms with van der Waals surface area (Å²) in [6.07, 6.45) is 6.28. The zero-order valence-corrected chi connectivity index (χ0v) is 12.4. The standard InChI is InChI=1S/C14H18BrN3/c1-11-8-13(15)5-6-14(11)18-10-12(9-17-18)4-3-7-16-2/h5-6,8-10,16H,3-4,7H2,1-2H3. The molecule has 0 saturated carbocycles. The Morgan fingerprint density at radius 3 is 2.94 bits per heavy atom. The maximum Gasteiger partial charge on any atom is 0.0675 e. The molecule has 0 unspecified atom stereocenters. The fraction of sp³-hybridized carbons (Fsp3) is 0.357. The van der Waals surface area contributed by atoms with Crippen LogP contribution in [0.1, 0.15) is 17.5 Å². The average Bonchev–Trinajstić information content (AvgIpc) is 2.78. The number of halogens is 1. The number of nitrogens with one attached hydrogen (secondary N) is 1. The van der Waals surface area contributed by atoms with Gasteiger partial charge in [0.05, 0.1) is 11.9 Å². The summed E-state index contributed by atoms with van der Waals surface area (Å²) in [6.45, 7) is 3.14. The summed E-state index contributed by atoms with van der Waals surface area (Å²) in [5.74, 6) is 0. The second kappa shape index (κ2) is 6.16. The van der Waals surface area contributed by atoms with Gasteiger partial charge in [0.1, 0.15) is 0 Å². The van der Waals surface area contributed by atoms with Gasteiger partial charge in [0.15, 0.2) is 0 Å². The minimum atomic E-state index is 1.04.